The molecule has 0 unspecified atom stereocenters. The van der Waals surface area contributed by atoms with E-state index in [1.807, 2.05) is 17.5 Å². The fraction of sp³-hybridized carbons (Fsp3) is 0.412. The zero-order valence-electron chi connectivity index (χ0n) is 14.2. The van der Waals surface area contributed by atoms with Crippen LogP contribution in [0.1, 0.15) is 34.5 Å². The molecule has 0 aromatic carbocycles. The van der Waals surface area contributed by atoms with Gasteiger partial charge in [0.1, 0.15) is 5.56 Å². The van der Waals surface area contributed by atoms with Crippen LogP contribution < -0.4 is 15.8 Å². The molecule has 0 spiro atoms. The second-order valence-electron chi connectivity index (χ2n) is 6.19. The van der Waals surface area contributed by atoms with Gasteiger partial charge in [0.2, 0.25) is 10.1 Å². The number of hydrogen-bond acceptors (Lipinski definition) is 7. The Morgan fingerprint density at radius 1 is 1.27 bits per heavy atom. The Labute approximate surface area is 158 Å². The molecule has 0 saturated carbocycles. The molecule has 136 valence electrons. The number of nitrogens with zero attached hydrogens (tertiary/aromatic N) is 4. The first-order valence-corrected chi connectivity index (χ1v) is 10.4. The predicted molar refractivity (Wildman–Crippen MR) is 104 cm³/mol. The van der Waals surface area contributed by atoms with Crippen molar-refractivity contribution in [3.8, 4) is 0 Å². The smallest absolute Gasteiger partial charge is 0.288 e. The molecule has 1 saturated heterocycles. The Kier molecular flexibility index (Phi) is 4.98. The van der Waals surface area contributed by atoms with E-state index in [0.717, 1.165) is 37.5 Å². The van der Waals surface area contributed by atoms with Crippen LogP contribution in [0.5, 0.6) is 0 Å². The molecule has 0 atom stereocenters. The zero-order valence-corrected chi connectivity index (χ0v) is 15.8. The Morgan fingerprint density at radius 3 is 2.88 bits per heavy atom. The molecule has 0 aliphatic carbocycles. The van der Waals surface area contributed by atoms with E-state index in [1.54, 1.807) is 11.3 Å². The molecule has 9 heteroatoms. The normalized spacial score (nSPS) is 14.7. The van der Waals surface area contributed by atoms with Crippen LogP contribution in [0.3, 0.4) is 0 Å². The van der Waals surface area contributed by atoms with Crippen LogP contribution in [0, 0.1) is 0 Å². The summed E-state index contributed by atoms with van der Waals surface area (Å²) < 4.78 is 1.25. The Balaban J connectivity index is 1.51. The summed E-state index contributed by atoms with van der Waals surface area (Å²) in [5.41, 5.74) is -0.382. The molecule has 4 heterocycles. The van der Waals surface area contributed by atoms with E-state index >= 15 is 0 Å². The molecule has 7 nitrogen and oxygen atoms in total. The molecule has 1 aliphatic rings. The van der Waals surface area contributed by atoms with Crippen molar-refractivity contribution in [1.29, 1.82) is 0 Å². The predicted octanol–water partition coefficient (Wildman–Crippen LogP) is 2.18. The molecule has 26 heavy (non-hydrogen) atoms. The number of piperidine rings is 1. The van der Waals surface area contributed by atoms with Crippen molar-refractivity contribution < 1.29 is 4.79 Å². The SMILES string of the molecule is O=C(NCCc1cccs1)c1cnc2sc(N3CCCCC3)nn2c1=O. The molecule has 4 rings (SSSR count). The summed E-state index contributed by atoms with van der Waals surface area (Å²) in [4.78, 5) is 33.2. The first-order chi connectivity index (χ1) is 12.7. The molecule has 1 fully saturated rings. The summed E-state index contributed by atoms with van der Waals surface area (Å²) in [5, 5.41) is 10.00. The van der Waals surface area contributed by atoms with Gasteiger partial charge in [-0.3, -0.25) is 9.59 Å². The van der Waals surface area contributed by atoms with Gasteiger partial charge in [0.05, 0.1) is 0 Å². The van der Waals surface area contributed by atoms with Crippen LogP contribution in [0.2, 0.25) is 0 Å². The highest BCUT2D eigenvalue weighted by atomic mass is 32.1. The summed E-state index contributed by atoms with van der Waals surface area (Å²) in [6, 6.07) is 4.00. The molecular formula is C17H19N5O2S2. The minimum absolute atomic E-state index is 0.0316. The van der Waals surface area contributed by atoms with Gasteiger partial charge in [0, 0.05) is 30.7 Å². The van der Waals surface area contributed by atoms with Crippen LogP contribution in [0.4, 0.5) is 5.13 Å². The van der Waals surface area contributed by atoms with E-state index in [2.05, 4.69) is 20.3 Å². The lowest BCUT2D eigenvalue weighted by molar-refractivity contribution is 0.0952. The zero-order chi connectivity index (χ0) is 17.9. The monoisotopic (exact) mass is 389 g/mol. The molecule has 1 aliphatic heterocycles. The summed E-state index contributed by atoms with van der Waals surface area (Å²) in [6.07, 6.45) is 5.61. The third-order valence-corrected chi connectivity index (χ3v) is 6.30. The van der Waals surface area contributed by atoms with E-state index in [-0.39, 0.29) is 5.56 Å². The van der Waals surface area contributed by atoms with Crippen LogP contribution in [0.15, 0.2) is 28.5 Å². The van der Waals surface area contributed by atoms with E-state index in [0.29, 0.717) is 11.5 Å². The maximum Gasteiger partial charge on any atom is 0.288 e. The first kappa shape index (κ1) is 17.2. The summed E-state index contributed by atoms with van der Waals surface area (Å²) in [7, 11) is 0. The number of hydrogen-bond donors (Lipinski definition) is 1. The Bertz CT molecular complexity index is 957. The highest BCUT2D eigenvalue weighted by Gasteiger charge is 2.19. The number of rotatable bonds is 5. The number of nitrogens with one attached hydrogen (secondary N) is 1. The fourth-order valence-electron chi connectivity index (χ4n) is 2.99. The van der Waals surface area contributed by atoms with Gasteiger partial charge in [-0.1, -0.05) is 17.4 Å². The van der Waals surface area contributed by atoms with Gasteiger partial charge >= 0.3 is 0 Å². The van der Waals surface area contributed by atoms with Gasteiger partial charge in [0.25, 0.3) is 11.5 Å². The largest absolute Gasteiger partial charge is 0.351 e. The molecular weight excluding hydrogens is 370 g/mol. The third kappa shape index (κ3) is 3.49. The van der Waals surface area contributed by atoms with Gasteiger partial charge in [-0.25, -0.2) is 4.98 Å². The summed E-state index contributed by atoms with van der Waals surface area (Å²) in [5.74, 6) is -0.402. The van der Waals surface area contributed by atoms with Crippen molar-refractivity contribution in [2.24, 2.45) is 0 Å². The second-order valence-corrected chi connectivity index (χ2v) is 8.16. The number of aromatic nitrogens is 3. The van der Waals surface area contributed by atoms with E-state index < -0.39 is 11.5 Å². The van der Waals surface area contributed by atoms with Crippen molar-refractivity contribution in [2.45, 2.75) is 25.7 Å². The molecule has 0 radical (unpaired) electrons. The third-order valence-electron chi connectivity index (χ3n) is 4.38. The number of amides is 1. The van der Waals surface area contributed by atoms with Gasteiger partial charge in [-0.05, 0) is 37.1 Å². The molecule has 1 N–H and O–H groups in total. The van der Waals surface area contributed by atoms with Crippen molar-refractivity contribution in [3.63, 3.8) is 0 Å². The first-order valence-electron chi connectivity index (χ1n) is 8.67. The van der Waals surface area contributed by atoms with Crippen LogP contribution in [-0.2, 0) is 6.42 Å². The maximum absolute atomic E-state index is 12.6. The minimum Gasteiger partial charge on any atom is -0.351 e. The van der Waals surface area contributed by atoms with Crippen molar-refractivity contribution in [1.82, 2.24) is 19.9 Å². The van der Waals surface area contributed by atoms with Crippen molar-refractivity contribution in [3.05, 3.63) is 44.5 Å². The number of thiophene rings is 1. The lowest BCUT2D eigenvalue weighted by Gasteiger charge is -2.25. The number of fused-ring (bicyclic) bond motifs is 1. The second kappa shape index (κ2) is 7.55. The van der Waals surface area contributed by atoms with Crippen LogP contribution in [0.25, 0.3) is 4.96 Å². The lowest BCUT2D eigenvalue weighted by Crippen LogP contribution is -2.33. The molecule has 0 bridgehead atoms. The Morgan fingerprint density at radius 2 is 2.12 bits per heavy atom. The highest BCUT2D eigenvalue weighted by molar-refractivity contribution is 7.20. The van der Waals surface area contributed by atoms with E-state index in [4.69, 9.17) is 0 Å². The topological polar surface area (TPSA) is 79.6 Å². The van der Waals surface area contributed by atoms with Gasteiger partial charge in [-0.2, -0.15) is 4.52 Å². The van der Waals surface area contributed by atoms with Crippen LogP contribution in [-0.4, -0.2) is 40.1 Å². The van der Waals surface area contributed by atoms with Gasteiger partial charge in [-0.15, -0.1) is 16.4 Å². The van der Waals surface area contributed by atoms with Crippen LogP contribution >= 0.6 is 22.7 Å². The van der Waals surface area contributed by atoms with Gasteiger partial charge in [0.15, 0.2) is 0 Å². The lowest BCUT2D eigenvalue weighted by atomic mass is 10.1. The maximum atomic E-state index is 12.6. The number of carbonyl (C=O) groups excluding carboxylic acids is 1. The summed E-state index contributed by atoms with van der Waals surface area (Å²) in [6.45, 7) is 2.38. The van der Waals surface area contributed by atoms with Crippen molar-refractivity contribution in [2.75, 3.05) is 24.5 Å². The quantitative estimate of drug-likeness (QED) is 0.723. The molecule has 3 aromatic rings. The van der Waals surface area contributed by atoms with Gasteiger partial charge < -0.3 is 10.2 Å². The molecule has 1 amide bonds. The minimum atomic E-state index is -0.414. The fourth-order valence-corrected chi connectivity index (χ4v) is 4.62. The Hall–Kier alpha value is -2.26. The number of anilines is 1. The molecule has 3 aromatic heterocycles. The number of carbonyl (C=O) groups is 1. The average molecular weight is 390 g/mol. The summed E-state index contributed by atoms with van der Waals surface area (Å²) >= 11 is 3.04. The average Bonchev–Trinajstić information content (AvgIpc) is 3.32. The standard InChI is InChI=1S/C17H19N5O2S2/c23-14(18-7-6-12-5-4-10-25-12)13-11-19-16-22(15(13)24)20-17(26-16)21-8-2-1-3-9-21/h4-5,10-11H,1-3,6-9H2,(H,18,23). The highest BCUT2D eigenvalue weighted by Crippen LogP contribution is 2.24. The van der Waals surface area contributed by atoms with Crippen molar-refractivity contribution >= 4 is 38.7 Å². The van der Waals surface area contributed by atoms with E-state index in [9.17, 15) is 9.59 Å². The van der Waals surface area contributed by atoms with E-state index in [1.165, 1.54) is 33.3 Å².